The Balaban J connectivity index is 0.00000220. The first-order valence-corrected chi connectivity index (χ1v) is 7.70. The minimum Gasteiger partial charge on any atom is -0.354 e. The van der Waals surface area contributed by atoms with Crippen molar-refractivity contribution in [3.8, 4) is 0 Å². The molecule has 6 heteroatoms. The number of carbonyl (C=O) groups is 1. The summed E-state index contributed by atoms with van der Waals surface area (Å²) in [4.78, 5) is 11.7. The summed E-state index contributed by atoms with van der Waals surface area (Å²) in [6.45, 7) is 0.972. The number of hydrogen-bond donors (Lipinski definition) is 2. The van der Waals surface area contributed by atoms with Gasteiger partial charge in [-0.1, -0.05) is 42.1 Å². The number of halogens is 3. The van der Waals surface area contributed by atoms with Crippen molar-refractivity contribution in [1.82, 2.24) is 10.6 Å². The zero-order valence-corrected chi connectivity index (χ0v) is 14.4. The molecule has 0 aliphatic heterocycles. The Labute approximate surface area is 142 Å². The van der Waals surface area contributed by atoms with Crippen LogP contribution in [0.1, 0.15) is 31.2 Å². The highest BCUT2D eigenvalue weighted by molar-refractivity contribution is 6.35. The van der Waals surface area contributed by atoms with Gasteiger partial charge in [0, 0.05) is 22.0 Å². The van der Waals surface area contributed by atoms with Crippen molar-refractivity contribution in [3.63, 3.8) is 0 Å². The minimum atomic E-state index is -0.0505. The van der Waals surface area contributed by atoms with E-state index in [0.717, 1.165) is 18.4 Å². The van der Waals surface area contributed by atoms with Gasteiger partial charge in [-0.2, -0.15) is 0 Å². The van der Waals surface area contributed by atoms with E-state index < -0.39 is 0 Å². The average molecular weight is 352 g/mol. The number of rotatable bonds is 5. The molecule has 2 N–H and O–H groups in total. The smallest absolute Gasteiger partial charge is 0.233 e. The molecule has 1 aliphatic carbocycles. The largest absolute Gasteiger partial charge is 0.354 e. The summed E-state index contributed by atoms with van der Waals surface area (Å²) < 4.78 is 0. The van der Waals surface area contributed by atoms with Gasteiger partial charge in [0.1, 0.15) is 0 Å². The highest BCUT2D eigenvalue weighted by atomic mass is 35.5. The molecular formula is C15H21Cl3N2O. The van der Waals surface area contributed by atoms with Crippen molar-refractivity contribution in [2.45, 2.75) is 31.1 Å². The number of hydrogen-bond acceptors (Lipinski definition) is 2. The van der Waals surface area contributed by atoms with Crippen LogP contribution in [-0.4, -0.2) is 26.0 Å². The summed E-state index contributed by atoms with van der Waals surface area (Å²) in [5.41, 5.74) is 1.05. The number of likely N-dealkylation sites (N-methyl/N-ethyl adjacent to an activating group) is 1. The Morgan fingerprint density at radius 2 is 1.95 bits per heavy atom. The van der Waals surface area contributed by atoms with Crippen LogP contribution in [-0.2, 0) is 10.2 Å². The van der Waals surface area contributed by atoms with Crippen LogP contribution in [0.5, 0.6) is 0 Å². The molecule has 0 spiro atoms. The molecule has 1 saturated carbocycles. The van der Waals surface area contributed by atoms with Gasteiger partial charge in [-0.25, -0.2) is 0 Å². The average Bonchev–Trinajstić information content (AvgIpc) is 2.86. The van der Waals surface area contributed by atoms with Gasteiger partial charge in [0.25, 0.3) is 0 Å². The predicted octanol–water partition coefficient (Wildman–Crippen LogP) is 3.56. The molecule has 1 aromatic rings. The Morgan fingerprint density at radius 3 is 2.52 bits per heavy atom. The molecule has 0 bridgehead atoms. The highest BCUT2D eigenvalue weighted by Crippen LogP contribution is 2.43. The van der Waals surface area contributed by atoms with Crippen molar-refractivity contribution >= 4 is 41.5 Å². The van der Waals surface area contributed by atoms with Crippen LogP contribution < -0.4 is 10.6 Å². The van der Waals surface area contributed by atoms with Gasteiger partial charge in [0.15, 0.2) is 0 Å². The third-order valence-corrected chi connectivity index (χ3v) is 4.57. The molecule has 0 atom stereocenters. The van der Waals surface area contributed by atoms with Crippen LogP contribution in [0.3, 0.4) is 0 Å². The summed E-state index contributed by atoms with van der Waals surface area (Å²) in [6, 6.07) is 5.66. The second-order valence-electron chi connectivity index (χ2n) is 5.42. The standard InChI is InChI=1S/C15H20Cl2N2O.ClH/c1-18-9-14(20)19-10-15(6-2-3-7-15)12-5-4-11(16)8-13(12)17;/h4-5,8,18H,2-3,6-7,9-10H2,1H3,(H,19,20);1H. The Kier molecular flexibility index (Phi) is 7.28. The van der Waals surface area contributed by atoms with Gasteiger partial charge in [0.2, 0.25) is 5.91 Å². The van der Waals surface area contributed by atoms with E-state index in [-0.39, 0.29) is 23.7 Å². The van der Waals surface area contributed by atoms with Crippen LogP contribution >= 0.6 is 35.6 Å². The van der Waals surface area contributed by atoms with Crippen molar-refractivity contribution in [3.05, 3.63) is 33.8 Å². The molecule has 2 rings (SSSR count). The summed E-state index contributed by atoms with van der Waals surface area (Å²) in [6.07, 6.45) is 4.43. The lowest BCUT2D eigenvalue weighted by Gasteiger charge is -2.31. The maximum atomic E-state index is 11.7. The second kappa shape index (κ2) is 8.23. The van der Waals surface area contributed by atoms with E-state index in [1.54, 1.807) is 13.1 Å². The third kappa shape index (κ3) is 4.49. The molecule has 21 heavy (non-hydrogen) atoms. The van der Waals surface area contributed by atoms with Gasteiger partial charge >= 0.3 is 0 Å². The fraction of sp³-hybridized carbons (Fsp3) is 0.533. The van der Waals surface area contributed by atoms with Crippen LogP contribution in [0, 0.1) is 0 Å². The molecule has 0 radical (unpaired) electrons. The molecular weight excluding hydrogens is 331 g/mol. The van der Waals surface area contributed by atoms with E-state index in [9.17, 15) is 4.79 Å². The maximum absolute atomic E-state index is 11.7. The van der Waals surface area contributed by atoms with Crippen LogP contribution in [0.15, 0.2) is 18.2 Å². The summed E-state index contributed by atoms with van der Waals surface area (Å²) >= 11 is 12.3. The van der Waals surface area contributed by atoms with E-state index in [4.69, 9.17) is 23.2 Å². The molecule has 0 unspecified atom stereocenters. The molecule has 0 heterocycles. The predicted molar refractivity (Wildman–Crippen MR) is 90.8 cm³/mol. The van der Waals surface area contributed by atoms with Gasteiger partial charge in [-0.05, 0) is 37.6 Å². The van der Waals surface area contributed by atoms with Gasteiger partial charge < -0.3 is 10.6 Å². The maximum Gasteiger partial charge on any atom is 0.233 e. The van der Waals surface area contributed by atoms with E-state index >= 15 is 0 Å². The monoisotopic (exact) mass is 350 g/mol. The molecule has 0 aromatic heterocycles. The van der Waals surface area contributed by atoms with E-state index in [2.05, 4.69) is 10.6 Å². The molecule has 1 amide bonds. The lowest BCUT2D eigenvalue weighted by Crippen LogP contribution is -2.42. The Hall–Kier alpha value is -0.480. The lowest BCUT2D eigenvalue weighted by molar-refractivity contribution is -0.120. The molecule has 1 aliphatic rings. The van der Waals surface area contributed by atoms with Crippen molar-refractivity contribution < 1.29 is 4.79 Å². The molecule has 1 aromatic carbocycles. The fourth-order valence-corrected chi connectivity index (χ4v) is 3.61. The molecule has 3 nitrogen and oxygen atoms in total. The van der Waals surface area contributed by atoms with Gasteiger partial charge in [-0.15, -0.1) is 12.4 Å². The summed E-state index contributed by atoms with van der Waals surface area (Å²) in [5, 5.41) is 7.21. The first kappa shape index (κ1) is 18.6. The quantitative estimate of drug-likeness (QED) is 0.851. The van der Waals surface area contributed by atoms with Crippen LogP contribution in [0.2, 0.25) is 10.0 Å². The van der Waals surface area contributed by atoms with Gasteiger partial charge in [-0.3, -0.25) is 4.79 Å². The summed E-state index contributed by atoms with van der Waals surface area (Å²) in [7, 11) is 1.76. The number of nitrogens with one attached hydrogen (secondary N) is 2. The van der Waals surface area contributed by atoms with E-state index in [1.165, 1.54) is 12.8 Å². The Morgan fingerprint density at radius 1 is 1.29 bits per heavy atom. The van der Waals surface area contributed by atoms with Crippen LogP contribution in [0.25, 0.3) is 0 Å². The van der Waals surface area contributed by atoms with Crippen LogP contribution in [0.4, 0.5) is 0 Å². The Bertz CT molecular complexity index is 488. The zero-order valence-electron chi connectivity index (χ0n) is 12.0. The number of benzene rings is 1. The molecule has 0 saturated heterocycles. The van der Waals surface area contributed by atoms with Crippen molar-refractivity contribution in [2.75, 3.05) is 20.1 Å². The normalized spacial score (nSPS) is 16.3. The van der Waals surface area contributed by atoms with Crippen molar-refractivity contribution in [1.29, 1.82) is 0 Å². The van der Waals surface area contributed by atoms with Gasteiger partial charge in [0.05, 0.1) is 6.54 Å². The first-order valence-electron chi connectivity index (χ1n) is 6.94. The SMILES string of the molecule is CNCC(=O)NCC1(c2ccc(Cl)cc2Cl)CCCC1.Cl. The van der Waals surface area contributed by atoms with E-state index in [0.29, 0.717) is 23.1 Å². The lowest BCUT2D eigenvalue weighted by atomic mass is 9.78. The fourth-order valence-electron chi connectivity index (χ4n) is 3.00. The third-order valence-electron chi connectivity index (χ3n) is 4.02. The molecule has 1 fully saturated rings. The van der Waals surface area contributed by atoms with E-state index in [1.807, 2.05) is 12.1 Å². The molecule has 118 valence electrons. The zero-order chi connectivity index (χ0) is 14.6. The topological polar surface area (TPSA) is 41.1 Å². The number of amides is 1. The minimum absolute atomic E-state index is 0. The summed E-state index contributed by atoms with van der Waals surface area (Å²) in [5.74, 6) is 0.0175. The first-order chi connectivity index (χ1) is 9.57. The highest BCUT2D eigenvalue weighted by Gasteiger charge is 2.37. The number of carbonyl (C=O) groups excluding carboxylic acids is 1. The van der Waals surface area contributed by atoms with Crippen molar-refractivity contribution in [2.24, 2.45) is 0 Å². The second-order valence-corrected chi connectivity index (χ2v) is 6.26.